The molecule has 0 saturated carbocycles. The van der Waals surface area contributed by atoms with Crippen molar-refractivity contribution in [2.75, 3.05) is 6.54 Å². The fraction of sp³-hybridized carbons (Fsp3) is 0.150. The fourth-order valence-electron chi connectivity index (χ4n) is 2.66. The summed E-state index contributed by atoms with van der Waals surface area (Å²) in [7, 11) is 0. The van der Waals surface area contributed by atoms with Gasteiger partial charge in [-0.2, -0.15) is 5.10 Å². The van der Waals surface area contributed by atoms with Crippen molar-refractivity contribution >= 4 is 11.6 Å². The Hall–Kier alpha value is -3.81. The molecule has 1 heterocycles. The minimum atomic E-state index is -0.488. The lowest BCUT2D eigenvalue weighted by molar-refractivity contribution is -0.384. The Morgan fingerprint density at radius 3 is 2.43 bits per heavy atom. The van der Waals surface area contributed by atoms with Gasteiger partial charge in [0.25, 0.3) is 11.2 Å². The highest BCUT2D eigenvalue weighted by atomic mass is 16.6. The summed E-state index contributed by atoms with van der Waals surface area (Å²) >= 11 is 0. The predicted molar refractivity (Wildman–Crippen MR) is 104 cm³/mol. The highest BCUT2D eigenvalue weighted by molar-refractivity contribution is 5.78. The summed E-state index contributed by atoms with van der Waals surface area (Å²) in [5.41, 5.74) is 1.98. The van der Waals surface area contributed by atoms with Crippen molar-refractivity contribution in [3.63, 3.8) is 0 Å². The number of hydrogen-bond acceptors (Lipinski definition) is 5. The number of amides is 1. The Kier molecular flexibility index (Phi) is 5.91. The van der Waals surface area contributed by atoms with Crippen molar-refractivity contribution in [1.82, 2.24) is 15.1 Å². The van der Waals surface area contributed by atoms with Crippen LogP contribution in [-0.4, -0.2) is 27.2 Å². The zero-order valence-corrected chi connectivity index (χ0v) is 14.9. The topological polar surface area (TPSA) is 107 Å². The first kappa shape index (κ1) is 19.0. The number of nitro groups is 1. The van der Waals surface area contributed by atoms with Crippen LogP contribution in [0, 0.1) is 10.1 Å². The third-order valence-electron chi connectivity index (χ3n) is 4.09. The number of aromatic nitrogens is 2. The van der Waals surface area contributed by atoms with Crippen LogP contribution in [0.1, 0.15) is 5.56 Å². The van der Waals surface area contributed by atoms with E-state index in [1.165, 1.54) is 22.9 Å². The van der Waals surface area contributed by atoms with Gasteiger partial charge >= 0.3 is 0 Å². The highest BCUT2D eigenvalue weighted by Gasteiger charge is 2.08. The molecule has 0 atom stereocenters. The van der Waals surface area contributed by atoms with Gasteiger partial charge in [-0.3, -0.25) is 19.7 Å². The second-order valence-electron chi connectivity index (χ2n) is 6.10. The molecule has 8 nitrogen and oxygen atoms in total. The Labute approximate surface area is 160 Å². The number of carbonyl (C=O) groups is 1. The standard InChI is InChI=1S/C20H18N4O4/c25-19(14-15-6-8-17(9-7-15)24(27)28)21-12-13-23-20(26)11-10-18(22-23)16-4-2-1-3-5-16/h1-11H,12-14H2,(H,21,25). The second-order valence-corrected chi connectivity index (χ2v) is 6.10. The van der Waals surface area contributed by atoms with E-state index >= 15 is 0 Å². The molecule has 28 heavy (non-hydrogen) atoms. The summed E-state index contributed by atoms with van der Waals surface area (Å²) in [6.45, 7) is 0.489. The number of nitro benzene ring substituents is 1. The minimum Gasteiger partial charge on any atom is -0.354 e. The normalized spacial score (nSPS) is 10.4. The first-order chi connectivity index (χ1) is 13.5. The Bertz CT molecular complexity index is 1030. The van der Waals surface area contributed by atoms with Gasteiger partial charge in [-0.1, -0.05) is 42.5 Å². The van der Waals surface area contributed by atoms with Crippen LogP contribution in [0.2, 0.25) is 0 Å². The van der Waals surface area contributed by atoms with Gasteiger partial charge in [-0.05, 0) is 11.6 Å². The third kappa shape index (κ3) is 4.88. The number of hydrogen-bond donors (Lipinski definition) is 1. The molecule has 0 fully saturated rings. The summed E-state index contributed by atoms with van der Waals surface area (Å²) < 4.78 is 1.31. The lowest BCUT2D eigenvalue weighted by Crippen LogP contribution is -2.32. The summed E-state index contributed by atoms with van der Waals surface area (Å²) in [5, 5.41) is 17.7. The number of nitrogens with zero attached hydrogens (tertiary/aromatic N) is 3. The van der Waals surface area contributed by atoms with Crippen LogP contribution in [0.4, 0.5) is 5.69 Å². The first-order valence-corrected chi connectivity index (χ1v) is 8.66. The number of carbonyl (C=O) groups excluding carboxylic acids is 1. The molecule has 1 amide bonds. The van der Waals surface area contributed by atoms with E-state index in [0.29, 0.717) is 11.3 Å². The average molecular weight is 378 g/mol. The van der Waals surface area contributed by atoms with Crippen LogP contribution < -0.4 is 10.9 Å². The maximum Gasteiger partial charge on any atom is 0.269 e. The van der Waals surface area contributed by atoms with Crippen LogP contribution in [0.5, 0.6) is 0 Å². The molecule has 1 N–H and O–H groups in total. The number of non-ortho nitro benzene ring substituents is 1. The largest absolute Gasteiger partial charge is 0.354 e. The maximum absolute atomic E-state index is 12.0. The fourth-order valence-corrected chi connectivity index (χ4v) is 2.66. The van der Waals surface area contributed by atoms with E-state index in [-0.39, 0.29) is 36.7 Å². The molecule has 1 aromatic heterocycles. The molecule has 0 aliphatic heterocycles. The summed E-state index contributed by atoms with van der Waals surface area (Å²) in [6.07, 6.45) is 0.102. The van der Waals surface area contributed by atoms with E-state index in [9.17, 15) is 19.7 Å². The van der Waals surface area contributed by atoms with Gasteiger partial charge in [0.2, 0.25) is 5.91 Å². The zero-order valence-electron chi connectivity index (χ0n) is 14.9. The molecule has 2 aromatic carbocycles. The Morgan fingerprint density at radius 2 is 1.75 bits per heavy atom. The first-order valence-electron chi connectivity index (χ1n) is 8.66. The van der Waals surface area contributed by atoms with Gasteiger partial charge in [-0.15, -0.1) is 0 Å². The van der Waals surface area contributed by atoms with E-state index in [2.05, 4.69) is 10.4 Å². The van der Waals surface area contributed by atoms with E-state index in [4.69, 9.17) is 0 Å². The Morgan fingerprint density at radius 1 is 1.04 bits per heavy atom. The van der Waals surface area contributed by atoms with E-state index in [0.717, 1.165) is 5.56 Å². The van der Waals surface area contributed by atoms with Gasteiger partial charge in [0, 0.05) is 30.3 Å². The van der Waals surface area contributed by atoms with Crippen molar-refractivity contribution in [2.45, 2.75) is 13.0 Å². The molecule has 0 spiro atoms. The highest BCUT2D eigenvalue weighted by Crippen LogP contribution is 2.14. The molecule has 0 aliphatic carbocycles. The number of nitrogens with one attached hydrogen (secondary N) is 1. The van der Waals surface area contributed by atoms with Gasteiger partial charge in [0.15, 0.2) is 0 Å². The van der Waals surface area contributed by atoms with E-state index in [1.807, 2.05) is 30.3 Å². The summed E-state index contributed by atoms with van der Waals surface area (Å²) in [6, 6.07) is 18.4. The van der Waals surface area contributed by atoms with Crippen LogP contribution >= 0.6 is 0 Å². The minimum absolute atomic E-state index is 0.0205. The summed E-state index contributed by atoms with van der Waals surface area (Å²) in [5.74, 6) is -0.235. The van der Waals surface area contributed by atoms with Crippen molar-refractivity contribution in [3.05, 3.63) is 92.8 Å². The summed E-state index contributed by atoms with van der Waals surface area (Å²) in [4.78, 5) is 34.2. The molecule has 0 bridgehead atoms. The molecule has 0 radical (unpaired) electrons. The third-order valence-corrected chi connectivity index (χ3v) is 4.09. The molecular formula is C20H18N4O4. The van der Waals surface area contributed by atoms with E-state index in [1.54, 1.807) is 18.2 Å². The SMILES string of the molecule is O=C(Cc1ccc([N+](=O)[O-])cc1)NCCn1nc(-c2ccccc2)ccc1=O. The van der Waals surface area contributed by atoms with Crippen LogP contribution in [0.15, 0.2) is 71.5 Å². The molecule has 142 valence electrons. The lowest BCUT2D eigenvalue weighted by Gasteiger charge is -2.09. The van der Waals surface area contributed by atoms with Gasteiger partial charge in [0.05, 0.1) is 23.6 Å². The zero-order chi connectivity index (χ0) is 19.9. The monoisotopic (exact) mass is 378 g/mol. The molecule has 0 unspecified atom stereocenters. The second kappa shape index (κ2) is 8.72. The number of benzene rings is 2. The van der Waals surface area contributed by atoms with Crippen molar-refractivity contribution in [2.24, 2.45) is 0 Å². The molecule has 8 heteroatoms. The quantitative estimate of drug-likeness (QED) is 0.501. The van der Waals surface area contributed by atoms with E-state index < -0.39 is 4.92 Å². The van der Waals surface area contributed by atoms with Crippen LogP contribution in [-0.2, 0) is 17.8 Å². The maximum atomic E-state index is 12.0. The number of rotatable bonds is 7. The lowest BCUT2D eigenvalue weighted by atomic mass is 10.1. The molecule has 3 aromatic rings. The smallest absolute Gasteiger partial charge is 0.269 e. The van der Waals surface area contributed by atoms with Gasteiger partial charge in [0.1, 0.15) is 0 Å². The average Bonchev–Trinajstić information content (AvgIpc) is 2.70. The van der Waals surface area contributed by atoms with Crippen molar-refractivity contribution in [3.8, 4) is 11.3 Å². The van der Waals surface area contributed by atoms with Crippen LogP contribution in [0.25, 0.3) is 11.3 Å². The molecule has 0 aliphatic rings. The molecular weight excluding hydrogens is 360 g/mol. The van der Waals surface area contributed by atoms with Gasteiger partial charge in [-0.25, -0.2) is 4.68 Å². The predicted octanol–water partition coefficient (Wildman–Crippen LogP) is 2.18. The Balaban J connectivity index is 1.56. The van der Waals surface area contributed by atoms with Crippen LogP contribution in [0.3, 0.4) is 0 Å². The molecule has 3 rings (SSSR count). The van der Waals surface area contributed by atoms with Gasteiger partial charge < -0.3 is 5.32 Å². The van der Waals surface area contributed by atoms with Crippen molar-refractivity contribution in [1.29, 1.82) is 0 Å². The van der Waals surface area contributed by atoms with Crippen molar-refractivity contribution < 1.29 is 9.72 Å². The molecule has 0 saturated heterocycles.